The van der Waals surface area contributed by atoms with Crippen LogP contribution in [0.15, 0.2) is 35.9 Å². The molecular weight excluding hydrogens is 508 g/mol. The number of hydrogen-bond acceptors (Lipinski definition) is 3. The molecule has 2 amide bonds. The van der Waals surface area contributed by atoms with E-state index in [9.17, 15) is 14.7 Å². The molecule has 0 saturated heterocycles. The normalized spacial score (nSPS) is 37.7. The Labute approximate surface area is 239 Å². The van der Waals surface area contributed by atoms with E-state index in [0.29, 0.717) is 16.9 Å². The molecule has 1 aromatic carbocycles. The second kappa shape index (κ2) is 9.91. The Morgan fingerprint density at radius 2 is 1.67 bits per heavy atom. The third kappa shape index (κ3) is 4.86. The maximum Gasteiger partial charge on any atom is 0.240 e. The number of nitrogens with one attached hydrogen (secondary N) is 1. The summed E-state index contributed by atoms with van der Waals surface area (Å²) in [5, 5.41) is 14.0. The monoisotopic (exact) mass is 554 g/mol. The molecule has 2 N–H and O–H groups in total. The third-order valence-corrected chi connectivity index (χ3v) is 11.7. The molecule has 0 aliphatic heterocycles. The number of halogens is 1. The van der Waals surface area contributed by atoms with Crippen LogP contribution in [0.3, 0.4) is 0 Å². The number of carbonyl (C=O) groups excluding carboxylic acids is 2. The lowest BCUT2D eigenvalue weighted by molar-refractivity contribution is -0.139. The van der Waals surface area contributed by atoms with Gasteiger partial charge >= 0.3 is 0 Å². The van der Waals surface area contributed by atoms with E-state index < -0.39 is 0 Å². The van der Waals surface area contributed by atoms with Crippen LogP contribution < -0.4 is 10.2 Å². The average Bonchev–Trinajstić information content (AvgIpc) is 3.13. The van der Waals surface area contributed by atoms with Gasteiger partial charge in [0.2, 0.25) is 11.8 Å². The van der Waals surface area contributed by atoms with Gasteiger partial charge in [-0.2, -0.15) is 0 Å². The van der Waals surface area contributed by atoms with E-state index in [4.69, 9.17) is 11.6 Å². The van der Waals surface area contributed by atoms with Crippen molar-refractivity contribution in [3.63, 3.8) is 0 Å². The molecule has 3 fully saturated rings. The molecule has 4 aliphatic rings. The van der Waals surface area contributed by atoms with Crippen molar-refractivity contribution in [3.8, 4) is 0 Å². The number of aliphatic hydroxyl groups is 1. The first-order valence-electron chi connectivity index (χ1n) is 14.9. The number of aliphatic hydroxyl groups excluding tert-OH is 1. The number of fused-ring (bicyclic) bond motifs is 5. The summed E-state index contributed by atoms with van der Waals surface area (Å²) in [7, 11) is 0. The highest BCUT2D eigenvalue weighted by atomic mass is 35.5. The van der Waals surface area contributed by atoms with Gasteiger partial charge in [0, 0.05) is 22.2 Å². The van der Waals surface area contributed by atoms with Gasteiger partial charge < -0.3 is 15.3 Å². The fourth-order valence-corrected chi connectivity index (χ4v) is 9.26. The van der Waals surface area contributed by atoms with Crippen LogP contribution in [0.5, 0.6) is 0 Å². The fraction of sp³-hybridized carbons (Fsp3) is 0.697. The first-order chi connectivity index (χ1) is 18.2. The van der Waals surface area contributed by atoms with Gasteiger partial charge in [-0.3, -0.25) is 9.59 Å². The first-order valence-corrected chi connectivity index (χ1v) is 15.3. The van der Waals surface area contributed by atoms with E-state index in [1.807, 2.05) is 32.9 Å². The Morgan fingerprint density at radius 1 is 1.00 bits per heavy atom. The molecule has 0 bridgehead atoms. The van der Waals surface area contributed by atoms with Crippen molar-refractivity contribution in [2.75, 3.05) is 11.4 Å². The maximum atomic E-state index is 14.5. The minimum atomic E-state index is -0.374. The zero-order valence-corrected chi connectivity index (χ0v) is 25.4. The summed E-state index contributed by atoms with van der Waals surface area (Å²) in [6.45, 7) is 13.1. The van der Waals surface area contributed by atoms with E-state index in [1.165, 1.54) is 5.57 Å². The van der Waals surface area contributed by atoms with Gasteiger partial charge in [0.25, 0.3) is 0 Å². The van der Waals surface area contributed by atoms with Gasteiger partial charge in [-0.1, -0.05) is 44.0 Å². The molecule has 0 heterocycles. The Morgan fingerprint density at radius 3 is 2.33 bits per heavy atom. The highest BCUT2D eigenvalue weighted by Crippen LogP contribution is 2.71. The molecule has 7 atom stereocenters. The van der Waals surface area contributed by atoms with Gasteiger partial charge in [-0.25, -0.2) is 0 Å². The van der Waals surface area contributed by atoms with E-state index in [2.05, 4.69) is 32.2 Å². The van der Waals surface area contributed by atoms with E-state index >= 15 is 0 Å². The molecule has 5 rings (SSSR count). The third-order valence-electron chi connectivity index (χ3n) is 11.4. The van der Waals surface area contributed by atoms with E-state index in [-0.39, 0.29) is 52.2 Å². The number of carbonyl (C=O) groups is 2. The van der Waals surface area contributed by atoms with Crippen LogP contribution in [0.25, 0.3) is 0 Å². The zero-order valence-electron chi connectivity index (χ0n) is 24.6. The molecule has 0 aromatic heterocycles. The molecular formula is C33H47ClN2O3. The smallest absolute Gasteiger partial charge is 0.240 e. The van der Waals surface area contributed by atoms with Crippen LogP contribution in [0, 0.1) is 34.0 Å². The van der Waals surface area contributed by atoms with Gasteiger partial charge in [-0.05, 0) is 124 Å². The minimum Gasteiger partial charge on any atom is -0.393 e. The standard InChI is InChI=1S/C33H47ClN2O3/c1-30(2,3)35-28(38)20-36(23-10-8-22(34)9-11-23)29(39)27-15-18-32(5)26-12-7-21-19-24(37)13-16-31(21,4)25(26)14-17-33(27,32)6/h7-11,24-27,37H,12-20H2,1-6H3,(H,35,38)/t24-,25?,26?,27+,31-,32-,33+/m0/s1. The summed E-state index contributed by atoms with van der Waals surface area (Å²) in [5.74, 6) is 0.906. The van der Waals surface area contributed by atoms with Crippen LogP contribution in [0.4, 0.5) is 5.69 Å². The largest absolute Gasteiger partial charge is 0.393 e. The maximum absolute atomic E-state index is 14.5. The molecule has 5 nitrogen and oxygen atoms in total. The van der Waals surface area contributed by atoms with Crippen molar-refractivity contribution in [2.24, 2.45) is 34.0 Å². The van der Waals surface area contributed by atoms with Gasteiger partial charge in [0.1, 0.15) is 6.54 Å². The number of rotatable bonds is 4. The van der Waals surface area contributed by atoms with Gasteiger partial charge in [-0.15, -0.1) is 0 Å². The van der Waals surface area contributed by atoms with Crippen molar-refractivity contribution >= 4 is 29.1 Å². The molecule has 39 heavy (non-hydrogen) atoms. The number of nitrogens with zero attached hydrogens (tertiary/aromatic N) is 1. The lowest BCUT2D eigenvalue weighted by Crippen LogP contribution is -2.57. The molecule has 1 aromatic rings. The molecule has 4 aliphatic carbocycles. The molecule has 0 spiro atoms. The topological polar surface area (TPSA) is 69.6 Å². The Bertz CT molecular complexity index is 1160. The summed E-state index contributed by atoms with van der Waals surface area (Å²) in [5.41, 5.74) is 1.90. The van der Waals surface area contributed by atoms with Crippen molar-refractivity contribution in [1.29, 1.82) is 0 Å². The second-order valence-corrected chi connectivity index (χ2v) is 15.1. The summed E-state index contributed by atoms with van der Waals surface area (Å²) >= 11 is 6.18. The lowest BCUT2D eigenvalue weighted by atomic mass is 9.42. The van der Waals surface area contributed by atoms with Crippen LogP contribution in [-0.2, 0) is 9.59 Å². The van der Waals surface area contributed by atoms with Crippen LogP contribution in [0.1, 0.15) is 92.9 Å². The SMILES string of the molecule is CC(C)(C)NC(=O)CN(C(=O)[C@H]1CC[C@@]2(C)C3CC=C4C[C@@H](O)CC[C@]4(C)C3CC[C@]12C)c1ccc(Cl)cc1. The van der Waals surface area contributed by atoms with Crippen molar-refractivity contribution in [1.82, 2.24) is 5.32 Å². The molecule has 6 heteroatoms. The quantitative estimate of drug-likeness (QED) is 0.397. The summed E-state index contributed by atoms with van der Waals surface area (Å²) in [4.78, 5) is 29.3. The first kappa shape index (κ1) is 28.7. The average molecular weight is 555 g/mol. The van der Waals surface area contributed by atoms with Gasteiger partial charge in [0.05, 0.1) is 6.10 Å². The number of anilines is 1. The highest BCUT2D eigenvalue weighted by molar-refractivity contribution is 6.30. The number of benzene rings is 1. The van der Waals surface area contributed by atoms with Crippen molar-refractivity contribution in [2.45, 2.75) is 105 Å². The van der Waals surface area contributed by atoms with Crippen LogP contribution in [-0.4, -0.2) is 35.1 Å². The fourth-order valence-electron chi connectivity index (χ4n) is 9.13. The summed E-state index contributed by atoms with van der Waals surface area (Å²) in [6.07, 6.45) is 10.1. The van der Waals surface area contributed by atoms with Crippen LogP contribution in [0.2, 0.25) is 5.02 Å². The summed E-state index contributed by atoms with van der Waals surface area (Å²) in [6, 6.07) is 7.28. The molecule has 214 valence electrons. The van der Waals surface area contributed by atoms with Gasteiger partial charge in [0.15, 0.2) is 0 Å². The molecule has 3 saturated carbocycles. The predicted molar refractivity (Wildman–Crippen MR) is 158 cm³/mol. The number of allylic oxidation sites excluding steroid dienone is 1. The zero-order chi connectivity index (χ0) is 28.4. The summed E-state index contributed by atoms with van der Waals surface area (Å²) < 4.78 is 0. The Kier molecular flexibility index (Phi) is 7.28. The highest BCUT2D eigenvalue weighted by Gasteiger charge is 2.66. The van der Waals surface area contributed by atoms with E-state index in [1.54, 1.807) is 17.0 Å². The molecule has 0 radical (unpaired) electrons. The Hall–Kier alpha value is -1.85. The van der Waals surface area contributed by atoms with Crippen LogP contribution >= 0.6 is 11.6 Å². The number of amides is 2. The lowest BCUT2D eigenvalue weighted by Gasteiger charge is -2.62. The predicted octanol–water partition coefficient (Wildman–Crippen LogP) is 6.92. The molecule has 2 unspecified atom stereocenters. The second-order valence-electron chi connectivity index (χ2n) is 14.7. The number of hydrogen-bond donors (Lipinski definition) is 2. The minimum absolute atomic E-state index is 0.000418. The van der Waals surface area contributed by atoms with Crippen molar-refractivity contribution in [3.05, 3.63) is 40.9 Å². The van der Waals surface area contributed by atoms with E-state index in [0.717, 1.165) is 57.1 Å². The van der Waals surface area contributed by atoms with Crippen molar-refractivity contribution < 1.29 is 14.7 Å². The Balaban J connectivity index is 1.44.